The van der Waals surface area contributed by atoms with Gasteiger partial charge in [0.2, 0.25) is 0 Å². The normalized spacial score (nSPS) is 12.0. The van der Waals surface area contributed by atoms with E-state index in [4.69, 9.17) is 4.74 Å². The molecule has 0 aromatic carbocycles. The van der Waals surface area contributed by atoms with Crippen molar-refractivity contribution in [1.29, 1.82) is 0 Å². The molecule has 0 spiro atoms. The van der Waals surface area contributed by atoms with Gasteiger partial charge in [-0.05, 0) is 26.7 Å². The van der Waals surface area contributed by atoms with E-state index in [0.29, 0.717) is 6.73 Å². The minimum atomic E-state index is 0.214. The van der Waals surface area contributed by atoms with Crippen LogP contribution in [0.5, 0.6) is 0 Å². The summed E-state index contributed by atoms with van der Waals surface area (Å²) in [5.74, 6) is 0. The summed E-state index contributed by atoms with van der Waals surface area (Å²) in [5.41, 5.74) is 0.214. The lowest BCUT2D eigenvalue weighted by Crippen LogP contribution is -2.40. The fourth-order valence-electron chi connectivity index (χ4n) is 2.92. The van der Waals surface area contributed by atoms with Crippen LogP contribution in [0.4, 0.5) is 0 Å². The molecule has 0 fully saturated rings. The van der Waals surface area contributed by atoms with Crippen LogP contribution in [0.1, 0.15) is 118 Å². The Morgan fingerprint density at radius 3 is 1.70 bits per heavy atom. The SMILES string of the molecule is CCCCCCCCCCOCNC(C)(C)CCCCCCC. The zero-order valence-corrected chi connectivity index (χ0v) is 16.7. The molecule has 0 unspecified atom stereocenters. The monoisotopic (exact) mass is 327 g/mol. The van der Waals surface area contributed by atoms with Crippen molar-refractivity contribution in [3.8, 4) is 0 Å². The van der Waals surface area contributed by atoms with Gasteiger partial charge < -0.3 is 4.74 Å². The molecular weight excluding hydrogens is 282 g/mol. The maximum absolute atomic E-state index is 5.75. The number of unbranched alkanes of at least 4 members (excludes halogenated alkanes) is 11. The van der Waals surface area contributed by atoms with Crippen molar-refractivity contribution < 1.29 is 4.74 Å². The molecule has 23 heavy (non-hydrogen) atoms. The molecule has 0 rings (SSSR count). The third-order valence-electron chi connectivity index (χ3n) is 4.70. The summed E-state index contributed by atoms with van der Waals surface area (Å²) in [5, 5.41) is 3.55. The van der Waals surface area contributed by atoms with Gasteiger partial charge >= 0.3 is 0 Å². The molecule has 2 heteroatoms. The van der Waals surface area contributed by atoms with Crippen LogP contribution < -0.4 is 5.32 Å². The molecule has 2 nitrogen and oxygen atoms in total. The van der Waals surface area contributed by atoms with Crippen molar-refractivity contribution >= 4 is 0 Å². The highest BCUT2D eigenvalue weighted by Crippen LogP contribution is 2.15. The average molecular weight is 328 g/mol. The summed E-state index contributed by atoms with van der Waals surface area (Å²) in [7, 11) is 0. The summed E-state index contributed by atoms with van der Waals surface area (Å²) in [4.78, 5) is 0. The molecule has 0 aromatic heterocycles. The number of hydrogen-bond donors (Lipinski definition) is 1. The third-order valence-corrected chi connectivity index (χ3v) is 4.70. The molecule has 0 aliphatic heterocycles. The second-order valence-corrected chi connectivity index (χ2v) is 7.75. The van der Waals surface area contributed by atoms with Gasteiger partial charge in [0.1, 0.15) is 0 Å². The Balaban J connectivity index is 3.28. The van der Waals surface area contributed by atoms with E-state index in [1.807, 2.05) is 0 Å². The van der Waals surface area contributed by atoms with Crippen molar-refractivity contribution in [1.82, 2.24) is 5.32 Å². The molecule has 0 saturated heterocycles. The smallest absolute Gasteiger partial charge is 0.0969 e. The molecule has 0 atom stereocenters. The van der Waals surface area contributed by atoms with E-state index in [1.165, 1.54) is 89.9 Å². The van der Waals surface area contributed by atoms with Gasteiger partial charge in [0.15, 0.2) is 0 Å². The topological polar surface area (TPSA) is 21.3 Å². The quantitative estimate of drug-likeness (QED) is 0.220. The van der Waals surface area contributed by atoms with Crippen molar-refractivity contribution in [2.45, 2.75) is 123 Å². The van der Waals surface area contributed by atoms with Crippen LogP contribution in [0, 0.1) is 0 Å². The van der Waals surface area contributed by atoms with E-state index in [-0.39, 0.29) is 5.54 Å². The number of rotatable bonds is 18. The maximum Gasteiger partial charge on any atom is 0.0969 e. The van der Waals surface area contributed by atoms with Crippen LogP contribution in [-0.4, -0.2) is 18.9 Å². The van der Waals surface area contributed by atoms with Gasteiger partial charge in [-0.2, -0.15) is 0 Å². The molecule has 0 bridgehead atoms. The molecule has 140 valence electrons. The minimum Gasteiger partial charge on any atom is -0.366 e. The zero-order chi connectivity index (χ0) is 17.2. The van der Waals surface area contributed by atoms with Crippen LogP contribution in [0.3, 0.4) is 0 Å². The van der Waals surface area contributed by atoms with Crippen molar-refractivity contribution in [2.24, 2.45) is 0 Å². The van der Waals surface area contributed by atoms with Gasteiger partial charge in [0.05, 0.1) is 6.73 Å². The highest BCUT2D eigenvalue weighted by Gasteiger charge is 2.15. The summed E-state index contributed by atoms with van der Waals surface area (Å²) in [6.45, 7) is 10.8. The Bertz CT molecular complexity index is 228. The zero-order valence-electron chi connectivity index (χ0n) is 16.7. The molecule has 0 aromatic rings. The van der Waals surface area contributed by atoms with Crippen LogP contribution in [-0.2, 0) is 4.74 Å². The van der Waals surface area contributed by atoms with Crippen molar-refractivity contribution in [3.05, 3.63) is 0 Å². The number of nitrogens with one attached hydrogen (secondary N) is 1. The highest BCUT2D eigenvalue weighted by molar-refractivity contribution is 4.75. The second kappa shape index (κ2) is 16.8. The lowest BCUT2D eigenvalue weighted by molar-refractivity contribution is 0.0900. The Hall–Kier alpha value is -0.0800. The molecular formula is C21H45NO. The highest BCUT2D eigenvalue weighted by atomic mass is 16.5. The molecule has 0 heterocycles. The molecule has 0 aliphatic rings. The van der Waals surface area contributed by atoms with Gasteiger partial charge in [-0.1, -0.05) is 90.9 Å². The fourth-order valence-corrected chi connectivity index (χ4v) is 2.92. The van der Waals surface area contributed by atoms with Crippen LogP contribution >= 0.6 is 0 Å². The first-order valence-corrected chi connectivity index (χ1v) is 10.4. The Kier molecular flexibility index (Phi) is 16.7. The summed E-state index contributed by atoms with van der Waals surface area (Å²) in [6.07, 6.45) is 19.0. The largest absolute Gasteiger partial charge is 0.366 e. The van der Waals surface area contributed by atoms with Crippen molar-refractivity contribution in [2.75, 3.05) is 13.3 Å². The standard InChI is InChI=1S/C21H45NO/c1-5-7-9-11-12-13-15-17-19-23-20-22-21(3,4)18-16-14-10-8-6-2/h22H,5-20H2,1-4H3. The molecule has 0 aliphatic carbocycles. The van der Waals surface area contributed by atoms with Gasteiger partial charge in [-0.3, -0.25) is 5.32 Å². The minimum absolute atomic E-state index is 0.214. The third kappa shape index (κ3) is 18.1. The molecule has 0 saturated carbocycles. The number of hydrogen-bond acceptors (Lipinski definition) is 2. The average Bonchev–Trinajstić information content (AvgIpc) is 2.52. The second-order valence-electron chi connectivity index (χ2n) is 7.75. The first-order valence-electron chi connectivity index (χ1n) is 10.4. The van der Waals surface area contributed by atoms with E-state index in [2.05, 4.69) is 33.0 Å². The predicted molar refractivity (Wildman–Crippen MR) is 104 cm³/mol. The predicted octanol–water partition coefficient (Wildman–Crippen LogP) is 6.83. The summed E-state index contributed by atoms with van der Waals surface area (Å²) < 4.78 is 5.75. The lowest BCUT2D eigenvalue weighted by Gasteiger charge is -2.26. The maximum atomic E-state index is 5.75. The van der Waals surface area contributed by atoms with Crippen LogP contribution in [0.2, 0.25) is 0 Å². The van der Waals surface area contributed by atoms with E-state index < -0.39 is 0 Å². The summed E-state index contributed by atoms with van der Waals surface area (Å²) in [6, 6.07) is 0. The Morgan fingerprint density at radius 2 is 1.13 bits per heavy atom. The van der Waals surface area contributed by atoms with Gasteiger partial charge in [-0.25, -0.2) is 0 Å². The lowest BCUT2D eigenvalue weighted by atomic mass is 9.96. The molecule has 0 amide bonds. The van der Waals surface area contributed by atoms with Crippen LogP contribution in [0.15, 0.2) is 0 Å². The Labute approximate surface area is 147 Å². The van der Waals surface area contributed by atoms with Gasteiger partial charge in [0, 0.05) is 12.1 Å². The van der Waals surface area contributed by atoms with E-state index in [0.717, 1.165) is 6.61 Å². The first kappa shape index (κ1) is 22.9. The van der Waals surface area contributed by atoms with Gasteiger partial charge in [-0.15, -0.1) is 0 Å². The number of ether oxygens (including phenoxy) is 1. The molecule has 1 N–H and O–H groups in total. The fraction of sp³-hybridized carbons (Fsp3) is 1.00. The van der Waals surface area contributed by atoms with E-state index in [1.54, 1.807) is 0 Å². The Morgan fingerprint density at radius 1 is 0.652 bits per heavy atom. The summed E-state index contributed by atoms with van der Waals surface area (Å²) >= 11 is 0. The van der Waals surface area contributed by atoms with Gasteiger partial charge in [0.25, 0.3) is 0 Å². The van der Waals surface area contributed by atoms with E-state index >= 15 is 0 Å². The van der Waals surface area contributed by atoms with Crippen LogP contribution in [0.25, 0.3) is 0 Å². The molecule has 0 radical (unpaired) electrons. The first-order chi connectivity index (χ1) is 11.1. The van der Waals surface area contributed by atoms with E-state index in [9.17, 15) is 0 Å². The van der Waals surface area contributed by atoms with Crippen molar-refractivity contribution in [3.63, 3.8) is 0 Å².